The first-order valence-electron chi connectivity index (χ1n) is 5.69. The number of aryl methyl sites for hydroxylation is 1. The van der Waals surface area contributed by atoms with Crippen molar-refractivity contribution in [2.75, 3.05) is 19.8 Å². The molecule has 0 fully saturated rings. The Morgan fingerprint density at radius 3 is 3.12 bits per heavy atom. The number of rotatable bonds is 9. The Morgan fingerprint density at radius 1 is 1.56 bits per heavy atom. The zero-order valence-electron chi connectivity index (χ0n) is 9.87. The van der Waals surface area contributed by atoms with E-state index in [-0.39, 0.29) is 0 Å². The highest BCUT2D eigenvalue weighted by Gasteiger charge is 1.98. The number of thiazole rings is 1. The lowest BCUT2D eigenvalue weighted by atomic mass is 10.4. The van der Waals surface area contributed by atoms with Crippen LogP contribution in [-0.2, 0) is 17.7 Å². The standard InChI is InChI=1S/C12H20N2OS/c1-3-5-7-15-8-6-13-9-11-10-16-12(4-2)14-11/h3,10,13H,1,4-9H2,2H3. The molecule has 0 aliphatic rings. The molecule has 4 heteroatoms. The van der Waals surface area contributed by atoms with Gasteiger partial charge < -0.3 is 10.1 Å². The van der Waals surface area contributed by atoms with Crippen molar-refractivity contribution in [3.8, 4) is 0 Å². The molecular formula is C12H20N2OS. The highest BCUT2D eigenvalue weighted by Crippen LogP contribution is 2.09. The van der Waals surface area contributed by atoms with Gasteiger partial charge in [0.25, 0.3) is 0 Å². The lowest BCUT2D eigenvalue weighted by Crippen LogP contribution is -2.19. The molecule has 0 saturated heterocycles. The smallest absolute Gasteiger partial charge is 0.0926 e. The molecule has 1 heterocycles. The zero-order valence-corrected chi connectivity index (χ0v) is 10.7. The number of hydrogen-bond donors (Lipinski definition) is 1. The minimum absolute atomic E-state index is 0.749. The normalized spacial score (nSPS) is 10.6. The summed E-state index contributed by atoms with van der Waals surface area (Å²) in [6.45, 7) is 8.99. The van der Waals surface area contributed by atoms with Crippen LogP contribution in [0.3, 0.4) is 0 Å². The van der Waals surface area contributed by atoms with Gasteiger partial charge in [0.2, 0.25) is 0 Å². The molecule has 90 valence electrons. The van der Waals surface area contributed by atoms with Gasteiger partial charge in [-0.1, -0.05) is 13.0 Å². The number of ether oxygens (including phenoxy) is 1. The highest BCUT2D eigenvalue weighted by atomic mass is 32.1. The Kier molecular flexibility index (Phi) is 7.05. The second kappa shape index (κ2) is 8.44. The van der Waals surface area contributed by atoms with E-state index in [0.29, 0.717) is 0 Å². The predicted molar refractivity (Wildman–Crippen MR) is 68.8 cm³/mol. The second-order valence-corrected chi connectivity index (χ2v) is 4.40. The van der Waals surface area contributed by atoms with E-state index in [2.05, 4.69) is 29.2 Å². The molecular weight excluding hydrogens is 220 g/mol. The van der Waals surface area contributed by atoms with Crippen molar-refractivity contribution >= 4 is 11.3 Å². The van der Waals surface area contributed by atoms with Crippen LogP contribution in [0.2, 0.25) is 0 Å². The minimum Gasteiger partial charge on any atom is -0.380 e. The molecule has 0 radical (unpaired) electrons. The molecule has 0 aliphatic heterocycles. The summed E-state index contributed by atoms with van der Waals surface area (Å²) in [6.07, 6.45) is 3.82. The molecule has 0 spiro atoms. The fourth-order valence-electron chi connectivity index (χ4n) is 1.22. The molecule has 0 amide bonds. The van der Waals surface area contributed by atoms with E-state index in [0.717, 1.165) is 44.8 Å². The summed E-state index contributed by atoms with van der Waals surface area (Å²) in [5, 5.41) is 6.63. The van der Waals surface area contributed by atoms with Crippen LogP contribution in [0.5, 0.6) is 0 Å². The van der Waals surface area contributed by atoms with Gasteiger partial charge in [0.1, 0.15) is 0 Å². The first kappa shape index (κ1) is 13.4. The van der Waals surface area contributed by atoms with Gasteiger partial charge in [0.15, 0.2) is 0 Å². The molecule has 1 N–H and O–H groups in total. The lowest BCUT2D eigenvalue weighted by molar-refractivity contribution is 0.140. The molecule has 0 saturated carbocycles. The van der Waals surface area contributed by atoms with Crippen LogP contribution in [0, 0.1) is 0 Å². The van der Waals surface area contributed by atoms with Crippen molar-refractivity contribution in [2.45, 2.75) is 26.3 Å². The zero-order chi connectivity index (χ0) is 11.6. The van der Waals surface area contributed by atoms with E-state index in [9.17, 15) is 0 Å². The molecule has 16 heavy (non-hydrogen) atoms. The van der Waals surface area contributed by atoms with Gasteiger partial charge >= 0.3 is 0 Å². The Labute approximate surface area is 102 Å². The lowest BCUT2D eigenvalue weighted by Gasteiger charge is -2.03. The minimum atomic E-state index is 0.749. The molecule has 0 bridgehead atoms. The molecule has 1 aromatic heterocycles. The van der Waals surface area contributed by atoms with Crippen LogP contribution < -0.4 is 5.32 Å². The van der Waals surface area contributed by atoms with Gasteiger partial charge in [0.05, 0.1) is 23.9 Å². The van der Waals surface area contributed by atoms with E-state index in [1.54, 1.807) is 11.3 Å². The average Bonchev–Trinajstić information content (AvgIpc) is 2.76. The van der Waals surface area contributed by atoms with Gasteiger partial charge in [-0.05, 0) is 12.8 Å². The summed E-state index contributed by atoms with van der Waals surface area (Å²) in [6, 6.07) is 0. The maximum atomic E-state index is 5.39. The van der Waals surface area contributed by atoms with E-state index in [1.165, 1.54) is 5.01 Å². The summed E-state index contributed by atoms with van der Waals surface area (Å²) in [5.74, 6) is 0. The number of nitrogens with zero attached hydrogens (tertiary/aromatic N) is 1. The van der Waals surface area contributed by atoms with Gasteiger partial charge in [-0.15, -0.1) is 17.9 Å². The SMILES string of the molecule is C=CCCOCCNCc1csc(CC)n1. The molecule has 0 atom stereocenters. The van der Waals surface area contributed by atoms with Gasteiger partial charge in [-0.3, -0.25) is 0 Å². The first-order valence-corrected chi connectivity index (χ1v) is 6.57. The Hall–Kier alpha value is -0.710. The Balaban J connectivity index is 2.00. The van der Waals surface area contributed by atoms with Crippen molar-refractivity contribution in [3.05, 3.63) is 28.7 Å². The quantitative estimate of drug-likeness (QED) is 0.531. The third kappa shape index (κ3) is 5.39. The number of nitrogens with one attached hydrogen (secondary N) is 1. The van der Waals surface area contributed by atoms with Crippen LogP contribution in [0.15, 0.2) is 18.0 Å². The molecule has 0 aliphatic carbocycles. The third-order valence-electron chi connectivity index (χ3n) is 2.10. The van der Waals surface area contributed by atoms with Gasteiger partial charge in [-0.2, -0.15) is 0 Å². The molecule has 1 aromatic rings. The fourth-order valence-corrected chi connectivity index (χ4v) is 1.97. The third-order valence-corrected chi connectivity index (χ3v) is 3.14. The molecule has 0 unspecified atom stereocenters. The van der Waals surface area contributed by atoms with Crippen LogP contribution >= 0.6 is 11.3 Å². The van der Waals surface area contributed by atoms with Crippen LogP contribution in [0.1, 0.15) is 24.0 Å². The van der Waals surface area contributed by atoms with Crippen molar-refractivity contribution < 1.29 is 4.74 Å². The number of aromatic nitrogens is 1. The average molecular weight is 240 g/mol. The van der Waals surface area contributed by atoms with Crippen LogP contribution in [0.4, 0.5) is 0 Å². The molecule has 0 aromatic carbocycles. The Morgan fingerprint density at radius 2 is 2.44 bits per heavy atom. The Bertz CT molecular complexity index is 299. The van der Waals surface area contributed by atoms with Crippen molar-refractivity contribution in [3.63, 3.8) is 0 Å². The summed E-state index contributed by atoms with van der Waals surface area (Å²) < 4.78 is 5.39. The van der Waals surface area contributed by atoms with Gasteiger partial charge in [-0.25, -0.2) is 4.98 Å². The maximum absolute atomic E-state index is 5.39. The van der Waals surface area contributed by atoms with E-state index < -0.39 is 0 Å². The topological polar surface area (TPSA) is 34.1 Å². The molecule has 1 rings (SSSR count). The predicted octanol–water partition coefficient (Wildman–Crippen LogP) is 2.39. The largest absolute Gasteiger partial charge is 0.380 e. The first-order chi connectivity index (χ1) is 7.86. The second-order valence-electron chi connectivity index (χ2n) is 3.45. The molecule has 3 nitrogen and oxygen atoms in total. The van der Waals surface area contributed by atoms with Crippen LogP contribution in [0.25, 0.3) is 0 Å². The van der Waals surface area contributed by atoms with Crippen molar-refractivity contribution in [1.29, 1.82) is 0 Å². The van der Waals surface area contributed by atoms with Crippen LogP contribution in [-0.4, -0.2) is 24.7 Å². The summed E-state index contributed by atoms with van der Waals surface area (Å²) in [5.41, 5.74) is 1.13. The highest BCUT2D eigenvalue weighted by molar-refractivity contribution is 7.09. The van der Waals surface area contributed by atoms with Gasteiger partial charge in [0, 0.05) is 18.5 Å². The van der Waals surface area contributed by atoms with E-state index in [1.807, 2.05) is 6.08 Å². The fraction of sp³-hybridized carbons (Fsp3) is 0.583. The maximum Gasteiger partial charge on any atom is 0.0926 e. The monoisotopic (exact) mass is 240 g/mol. The summed E-state index contributed by atoms with van der Waals surface area (Å²) in [7, 11) is 0. The van der Waals surface area contributed by atoms with E-state index >= 15 is 0 Å². The summed E-state index contributed by atoms with van der Waals surface area (Å²) >= 11 is 1.73. The number of hydrogen-bond acceptors (Lipinski definition) is 4. The van der Waals surface area contributed by atoms with Crippen molar-refractivity contribution in [2.24, 2.45) is 0 Å². The summed E-state index contributed by atoms with van der Waals surface area (Å²) in [4.78, 5) is 4.48. The van der Waals surface area contributed by atoms with E-state index in [4.69, 9.17) is 4.74 Å². The van der Waals surface area contributed by atoms with Crippen molar-refractivity contribution in [1.82, 2.24) is 10.3 Å².